The lowest BCUT2D eigenvalue weighted by Crippen LogP contribution is -2.23. The zero-order chi connectivity index (χ0) is 21.3. The minimum absolute atomic E-state index is 0.0804. The van der Waals surface area contributed by atoms with Crippen LogP contribution in [0.4, 0.5) is 0 Å². The van der Waals surface area contributed by atoms with E-state index in [4.69, 9.17) is 9.26 Å². The predicted octanol–water partition coefficient (Wildman–Crippen LogP) is 5.00. The number of aromatic nitrogens is 1. The van der Waals surface area contributed by atoms with E-state index in [2.05, 4.69) is 5.16 Å². The van der Waals surface area contributed by atoms with E-state index < -0.39 is 11.4 Å². The highest BCUT2D eigenvalue weighted by molar-refractivity contribution is 5.95. The number of aryl methyl sites for hydroxylation is 1. The van der Waals surface area contributed by atoms with Gasteiger partial charge in [0, 0.05) is 5.56 Å². The molecule has 1 aliphatic carbocycles. The third-order valence-corrected chi connectivity index (χ3v) is 5.57. The highest BCUT2D eigenvalue weighted by Gasteiger charge is 2.52. The molecule has 0 radical (unpaired) electrons. The molecule has 1 heterocycles. The summed E-state index contributed by atoms with van der Waals surface area (Å²) in [6, 6.07) is 15.4. The van der Waals surface area contributed by atoms with Gasteiger partial charge >= 0.3 is 11.9 Å². The van der Waals surface area contributed by atoms with Gasteiger partial charge in [0.1, 0.15) is 5.56 Å². The van der Waals surface area contributed by atoms with E-state index in [0.29, 0.717) is 17.9 Å². The summed E-state index contributed by atoms with van der Waals surface area (Å²) in [5.74, 6) is -0.934. The Morgan fingerprint density at radius 2 is 1.60 bits per heavy atom. The van der Waals surface area contributed by atoms with Crippen molar-refractivity contribution < 1.29 is 24.0 Å². The zero-order valence-electron chi connectivity index (χ0n) is 17.0. The van der Waals surface area contributed by atoms with Crippen LogP contribution in [0.15, 0.2) is 53.1 Å². The van der Waals surface area contributed by atoms with E-state index in [1.54, 1.807) is 6.92 Å². The summed E-state index contributed by atoms with van der Waals surface area (Å²) < 4.78 is 10.6. The molecule has 0 aliphatic heterocycles. The first-order valence-corrected chi connectivity index (χ1v) is 10.0. The fourth-order valence-electron chi connectivity index (χ4n) is 3.68. The van der Waals surface area contributed by atoms with Gasteiger partial charge in [-0.05, 0) is 42.9 Å². The molecule has 6 nitrogen and oxygen atoms in total. The van der Waals surface area contributed by atoms with Gasteiger partial charge in [0.2, 0.25) is 0 Å². The average molecular weight is 405 g/mol. The molecule has 0 spiro atoms. The van der Waals surface area contributed by atoms with Gasteiger partial charge in [0.05, 0.1) is 17.7 Å². The summed E-state index contributed by atoms with van der Waals surface area (Å²) in [6.45, 7) is 4.05. The maximum Gasteiger partial charge on any atom is 0.341 e. The largest absolute Gasteiger partial charge is 0.477 e. The van der Waals surface area contributed by atoms with Crippen molar-refractivity contribution in [3.63, 3.8) is 0 Å². The van der Waals surface area contributed by atoms with Crippen molar-refractivity contribution in [3.05, 3.63) is 65.4 Å². The predicted molar refractivity (Wildman–Crippen MR) is 111 cm³/mol. The van der Waals surface area contributed by atoms with E-state index in [0.717, 1.165) is 36.0 Å². The lowest BCUT2D eigenvalue weighted by atomic mass is 9.93. The molecule has 1 N–H and O–H groups in total. The maximum absolute atomic E-state index is 12.4. The number of carbonyl (C=O) groups is 2. The molecule has 1 fully saturated rings. The first-order chi connectivity index (χ1) is 14.5. The van der Waals surface area contributed by atoms with Crippen molar-refractivity contribution in [2.24, 2.45) is 0 Å². The van der Waals surface area contributed by atoms with Gasteiger partial charge in [0.25, 0.3) is 0 Å². The smallest absolute Gasteiger partial charge is 0.341 e. The van der Waals surface area contributed by atoms with Crippen molar-refractivity contribution in [1.29, 1.82) is 0 Å². The van der Waals surface area contributed by atoms with Crippen LogP contribution < -0.4 is 0 Å². The summed E-state index contributed by atoms with van der Waals surface area (Å²) in [7, 11) is 0. The van der Waals surface area contributed by atoms with E-state index >= 15 is 0 Å². The Balaban J connectivity index is 1.55. The molecule has 1 aliphatic rings. The van der Waals surface area contributed by atoms with Crippen molar-refractivity contribution in [3.8, 4) is 22.5 Å². The van der Waals surface area contributed by atoms with Crippen molar-refractivity contribution in [1.82, 2.24) is 5.16 Å². The second-order valence-corrected chi connectivity index (χ2v) is 7.65. The fourth-order valence-corrected chi connectivity index (χ4v) is 3.68. The fraction of sp³-hybridized carbons (Fsp3) is 0.292. The number of nitrogens with zero attached hydrogens (tertiary/aromatic N) is 1. The molecule has 0 unspecified atom stereocenters. The van der Waals surface area contributed by atoms with Gasteiger partial charge in [-0.1, -0.05) is 60.6 Å². The number of hydrogen-bond donors (Lipinski definition) is 1. The number of aromatic carboxylic acids is 1. The third kappa shape index (κ3) is 3.49. The van der Waals surface area contributed by atoms with Gasteiger partial charge in [0.15, 0.2) is 5.76 Å². The molecular formula is C24H23NO5. The van der Waals surface area contributed by atoms with Crippen molar-refractivity contribution >= 4 is 11.9 Å². The second kappa shape index (κ2) is 7.78. The molecule has 0 amide bonds. The number of benzene rings is 2. The molecule has 6 heteroatoms. The van der Waals surface area contributed by atoms with Crippen LogP contribution >= 0.6 is 0 Å². The molecule has 1 saturated carbocycles. The highest BCUT2D eigenvalue weighted by Crippen LogP contribution is 2.49. The second-order valence-electron chi connectivity index (χ2n) is 7.65. The van der Waals surface area contributed by atoms with Crippen molar-refractivity contribution in [2.75, 3.05) is 6.61 Å². The van der Waals surface area contributed by atoms with Gasteiger partial charge in [-0.25, -0.2) is 4.79 Å². The molecule has 0 saturated heterocycles. The zero-order valence-corrected chi connectivity index (χ0v) is 17.0. The number of ether oxygens (including phenoxy) is 1. The van der Waals surface area contributed by atoms with Crippen LogP contribution in [0.1, 0.15) is 47.8 Å². The van der Waals surface area contributed by atoms with Crippen LogP contribution in [-0.2, 0) is 14.9 Å². The highest BCUT2D eigenvalue weighted by atomic mass is 16.5. The molecule has 4 rings (SSSR count). The van der Waals surface area contributed by atoms with E-state index in [1.165, 1.54) is 0 Å². The van der Waals surface area contributed by atoms with E-state index in [9.17, 15) is 14.7 Å². The van der Waals surface area contributed by atoms with Crippen LogP contribution in [0.25, 0.3) is 22.5 Å². The molecular weight excluding hydrogens is 382 g/mol. The first-order valence-electron chi connectivity index (χ1n) is 10.0. The summed E-state index contributed by atoms with van der Waals surface area (Å²) in [6.07, 6.45) is 2.47. The van der Waals surface area contributed by atoms with E-state index in [1.807, 2.05) is 55.5 Å². The minimum Gasteiger partial charge on any atom is -0.477 e. The quantitative estimate of drug-likeness (QED) is 0.557. The minimum atomic E-state index is -1.06. The number of hydrogen-bond acceptors (Lipinski definition) is 5. The van der Waals surface area contributed by atoms with Crippen LogP contribution in [0, 0.1) is 6.92 Å². The first kappa shape index (κ1) is 19.9. The van der Waals surface area contributed by atoms with Gasteiger partial charge in [-0.3, -0.25) is 4.79 Å². The molecule has 2 aromatic carbocycles. The monoisotopic (exact) mass is 405 g/mol. The maximum atomic E-state index is 12.4. The summed E-state index contributed by atoms with van der Waals surface area (Å²) in [4.78, 5) is 23.9. The molecule has 0 atom stereocenters. The number of rotatable bonds is 7. The number of carboxylic acid groups (broad SMARTS) is 1. The Morgan fingerprint density at radius 3 is 2.13 bits per heavy atom. The van der Waals surface area contributed by atoms with Gasteiger partial charge < -0.3 is 14.4 Å². The van der Waals surface area contributed by atoms with Gasteiger partial charge in [-0.2, -0.15) is 0 Å². The lowest BCUT2D eigenvalue weighted by Gasteiger charge is -2.15. The molecule has 30 heavy (non-hydrogen) atoms. The Morgan fingerprint density at radius 1 is 1.03 bits per heavy atom. The molecule has 3 aromatic rings. The van der Waals surface area contributed by atoms with Crippen LogP contribution in [-0.4, -0.2) is 28.8 Å². The van der Waals surface area contributed by atoms with Gasteiger partial charge in [-0.15, -0.1) is 0 Å². The third-order valence-electron chi connectivity index (χ3n) is 5.57. The Hall–Kier alpha value is -3.41. The van der Waals surface area contributed by atoms with Crippen LogP contribution in [0.3, 0.4) is 0 Å². The van der Waals surface area contributed by atoms with Crippen LogP contribution in [0.2, 0.25) is 0 Å². The summed E-state index contributed by atoms with van der Waals surface area (Å²) in [5.41, 5.74) is 3.60. The Bertz CT molecular complexity index is 1080. The summed E-state index contributed by atoms with van der Waals surface area (Å²) in [5, 5.41) is 13.2. The Labute approximate surface area is 174 Å². The Kier molecular flexibility index (Phi) is 5.16. The average Bonchev–Trinajstić information content (AvgIpc) is 3.48. The summed E-state index contributed by atoms with van der Waals surface area (Å²) >= 11 is 0. The normalized spacial score (nSPS) is 14.3. The SMILES string of the molecule is CCCOC(=O)C1(c2ccc(-c3ccc(-c4onc(C)c4C(=O)O)cc3)cc2)CC1. The topological polar surface area (TPSA) is 89.6 Å². The lowest BCUT2D eigenvalue weighted by molar-refractivity contribution is -0.146. The molecule has 154 valence electrons. The standard InChI is InChI=1S/C24H23NO5/c1-3-14-29-23(28)24(12-13-24)19-10-8-17(9-11-19)16-4-6-18(7-5-16)21-20(22(26)27)15(2)25-30-21/h4-11H,3,12-14H2,1-2H3,(H,26,27). The molecule has 0 bridgehead atoms. The van der Waals surface area contributed by atoms with Crippen LogP contribution in [0.5, 0.6) is 0 Å². The number of carboxylic acids is 1. The van der Waals surface area contributed by atoms with E-state index in [-0.39, 0.29) is 17.3 Å². The van der Waals surface area contributed by atoms with Crippen molar-refractivity contribution in [2.45, 2.75) is 38.5 Å². The molecule has 1 aromatic heterocycles. The number of esters is 1. The number of carbonyl (C=O) groups excluding carboxylic acids is 1.